The fourth-order valence-electron chi connectivity index (χ4n) is 2.69. The molecular weight excluding hydrogens is 256 g/mol. The fraction of sp³-hybridized carbons (Fsp3) is 0.867. The molecule has 116 valence electrons. The summed E-state index contributed by atoms with van der Waals surface area (Å²) in [5.41, 5.74) is 5.29. The van der Waals surface area contributed by atoms with E-state index >= 15 is 0 Å². The van der Waals surface area contributed by atoms with Crippen LogP contribution in [0.1, 0.15) is 53.4 Å². The summed E-state index contributed by atoms with van der Waals surface area (Å²) in [6.45, 7) is 7.64. The van der Waals surface area contributed by atoms with E-state index in [1.807, 2.05) is 13.8 Å². The van der Waals surface area contributed by atoms with Gasteiger partial charge in [0.25, 0.3) is 0 Å². The molecule has 1 aliphatic rings. The normalized spacial score (nSPS) is 26.1. The molecule has 0 aromatic carbocycles. The van der Waals surface area contributed by atoms with Crippen LogP contribution in [0.2, 0.25) is 0 Å². The minimum Gasteiger partial charge on any atom is -0.368 e. The highest BCUT2D eigenvalue weighted by Crippen LogP contribution is 2.26. The van der Waals surface area contributed by atoms with Gasteiger partial charge in [0.15, 0.2) is 0 Å². The van der Waals surface area contributed by atoms with Crippen LogP contribution in [-0.4, -0.2) is 30.1 Å². The highest BCUT2D eigenvalue weighted by atomic mass is 16.5. The van der Waals surface area contributed by atoms with E-state index in [4.69, 9.17) is 10.5 Å². The van der Waals surface area contributed by atoms with E-state index in [0.717, 1.165) is 19.3 Å². The molecule has 0 spiro atoms. The van der Waals surface area contributed by atoms with Crippen LogP contribution >= 0.6 is 0 Å². The second-order valence-corrected chi connectivity index (χ2v) is 6.30. The van der Waals surface area contributed by atoms with E-state index in [1.165, 1.54) is 6.42 Å². The van der Waals surface area contributed by atoms with Crippen LogP contribution in [0.5, 0.6) is 0 Å². The number of amides is 2. The summed E-state index contributed by atoms with van der Waals surface area (Å²) >= 11 is 0. The maximum Gasteiger partial charge on any atom is 0.249 e. The van der Waals surface area contributed by atoms with Crippen molar-refractivity contribution in [3.05, 3.63) is 0 Å². The van der Waals surface area contributed by atoms with Crippen molar-refractivity contribution in [1.82, 2.24) is 5.32 Å². The smallest absolute Gasteiger partial charge is 0.249 e. The van der Waals surface area contributed by atoms with Gasteiger partial charge in [-0.25, -0.2) is 0 Å². The molecule has 0 radical (unpaired) electrons. The first kappa shape index (κ1) is 17.0. The summed E-state index contributed by atoms with van der Waals surface area (Å²) in [7, 11) is 0. The summed E-state index contributed by atoms with van der Waals surface area (Å²) in [6.07, 6.45) is 3.98. The number of ether oxygens (including phenoxy) is 1. The molecule has 0 unspecified atom stereocenters. The largest absolute Gasteiger partial charge is 0.368 e. The summed E-state index contributed by atoms with van der Waals surface area (Å²) in [4.78, 5) is 23.4. The van der Waals surface area contributed by atoms with Crippen molar-refractivity contribution in [3.63, 3.8) is 0 Å². The van der Waals surface area contributed by atoms with Crippen LogP contribution in [0.15, 0.2) is 0 Å². The Labute approximate surface area is 121 Å². The Kier molecular flexibility index (Phi) is 6.46. The fourth-order valence-corrected chi connectivity index (χ4v) is 2.69. The molecule has 2 amide bonds. The van der Waals surface area contributed by atoms with Gasteiger partial charge in [0.05, 0.1) is 6.10 Å². The number of primary amides is 1. The molecule has 1 aliphatic carbocycles. The van der Waals surface area contributed by atoms with Crippen molar-refractivity contribution >= 4 is 11.8 Å². The van der Waals surface area contributed by atoms with Crippen LogP contribution in [0.3, 0.4) is 0 Å². The highest BCUT2D eigenvalue weighted by molar-refractivity contribution is 5.88. The molecule has 20 heavy (non-hydrogen) atoms. The lowest BCUT2D eigenvalue weighted by molar-refractivity contribution is -0.140. The Morgan fingerprint density at radius 1 is 1.25 bits per heavy atom. The third-order valence-corrected chi connectivity index (χ3v) is 3.93. The number of rotatable bonds is 6. The minimum absolute atomic E-state index is 0.0293. The maximum atomic E-state index is 12.1. The lowest BCUT2D eigenvalue weighted by Gasteiger charge is -2.29. The first-order valence-electron chi connectivity index (χ1n) is 7.56. The van der Waals surface area contributed by atoms with E-state index < -0.39 is 18.1 Å². The molecule has 0 aliphatic heterocycles. The van der Waals surface area contributed by atoms with Crippen molar-refractivity contribution in [2.75, 3.05) is 0 Å². The zero-order chi connectivity index (χ0) is 15.3. The summed E-state index contributed by atoms with van der Waals surface area (Å²) in [5, 5.41) is 2.68. The lowest BCUT2D eigenvalue weighted by Crippen LogP contribution is -2.51. The molecular formula is C15H28N2O3. The highest BCUT2D eigenvalue weighted by Gasteiger charge is 2.27. The van der Waals surface area contributed by atoms with Gasteiger partial charge in [-0.3, -0.25) is 9.59 Å². The zero-order valence-electron chi connectivity index (χ0n) is 13.0. The van der Waals surface area contributed by atoms with Crippen LogP contribution in [0.4, 0.5) is 0 Å². The quantitative estimate of drug-likeness (QED) is 0.777. The number of nitrogens with one attached hydrogen (secondary N) is 1. The van der Waals surface area contributed by atoms with Gasteiger partial charge in [0.1, 0.15) is 12.1 Å². The second-order valence-electron chi connectivity index (χ2n) is 6.30. The Morgan fingerprint density at radius 3 is 2.40 bits per heavy atom. The van der Waals surface area contributed by atoms with Crippen LogP contribution in [0.25, 0.3) is 0 Å². The Bertz CT molecular complexity index is 344. The predicted molar refractivity (Wildman–Crippen MR) is 77.9 cm³/mol. The summed E-state index contributed by atoms with van der Waals surface area (Å²) in [5.74, 6) is -0.149. The number of hydrogen-bond donors (Lipinski definition) is 2. The van der Waals surface area contributed by atoms with Crippen molar-refractivity contribution in [3.8, 4) is 0 Å². The van der Waals surface area contributed by atoms with Gasteiger partial charge in [0.2, 0.25) is 11.8 Å². The zero-order valence-corrected chi connectivity index (χ0v) is 13.0. The third kappa shape index (κ3) is 5.12. The first-order chi connectivity index (χ1) is 9.31. The van der Waals surface area contributed by atoms with Crippen LogP contribution < -0.4 is 11.1 Å². The van der Waals surface area contributed by atoms with Crippen LogP contribution in [-0.2, 0) is 14.3 Å². The molecule has 5 heteroatoms. The van der Waals surface area contributed by atoms with Gasteiger partial charge in [-0.1, -0.05) is 33.6 Å². The van der Waals surface area contributed by atoms with Crippen molar-refractivity contribution < 1.29 is 14.3 Å². The van der Waals surface area contributed by atoms with Crippen molar-refractivity contribution in [1.29, 1.82) is 0 Å². The van der Waals surface area contributed by atoms with Crippen LogP contribution in [0, 0.1) is 11.8 Å². The third-order valence-electron chi connectivity index (χ3n) is 3.93. The average Bonchev–Trinajstić information content (AvgIpc) is 2.34. The molecule has 1 fully saturated rings. The van der Waals surface area contributed by atoms with Gasteiger partial charge >= 0.3 is 0 Å². The topological polar surface area (TPSA) is 81.4 Å². The Hall–Kier alpha value is -1.10. The van der Waals surface area contributed by atoms with Gasteiger partial charge < -0.3 is 15.8 Å². The van der Waals surface area contributed by atoms with Crippen molar-refractivity contribution in [2.45, 2.75) is 71.6 Å². The SMILES string of the molecule is CC(C)[C@@H](NC(=O)[C@H](C)O[C@H]1CCC[C@@H](C)C1)C(N)=O. The standard InChI is InChI=1S/C15H28N2O3/c1-9(2)13(14(16)18)17-15(19)11(4)20-12-7-5-6-10(3)8-12/h9-13H,5-8H2,1-4H3,(H2,16,18)(H,17,19)/t10-,11+,12+,13-/m1/s1. The van der Waals surface area contributed by atoms with Gasteiger partial charge in [-0.15, -0.1) is 0 Å². The molecule has 0 heterocycles. The van der Waals surface area contributed by atoms with E-state index in [2.05, 4.69) is 12.2 Å². The maximum absolute atomic E-state index is 12.1. The van der Waals surface area contributed by atoms with Gasteiger partial charge in [-0.2, -0.15) is 0 Å². The molecule has 0 bridgehead atoms. The number of carbonyl (C=O) groups excluding carboxylic acids is 2. The number of carbonyl (C=O) groups is 2. The number of nitrogens with two attached hydrogens (primary N) is 1. The first-order valence-corrected chi connectivity index (χ1v) is 7.56. The van der Waals surface area contributed by atoms with Gasteiger partial charge in [0, 0.05) is 0 Å². The minimum atomic E-state index is -0.640. The monoisotopic (exact) mass is 284 g/mol. The summed E-state index contributed by atoms with van der Waals surface area (Å²) < 4.78 is 5.82. The summed E-state index contributed by atoms with van der Waals surface area (Å²) in [6, 6.07) is -0.640. The molecule has 4 atom stereocenters. The van der Waals surface area contributed by atoms with E-state index in [-0.39, 0.29) is 17.9 Å². The van der Waals surface area contributed by atoms with Gasteiger partial charge in [-0.05, 0) is 31.6 Å². The lowest BCUT2D eigenvalue weighted by atomic mass is 9.88. The predicted octanol–water partition coefficient (Wildman–Crippen LogP) is 1.60. The molecule has 0 aromatic rings. The Morgan fingerprint density at radius 2 is 1.90 bits per heavy atom. The average molecular weight is 284 g/mol. The molecule has 0 saturated heterocycles. The van der Waals surface area contributed by atoms with E-state index in [0.29, 0.717) is 5.92 Å². The molecule has 1 saturated carbocycles. The molecule has 5 nitrogen and oxygen atoms in total. The van der Waals surface area contributed by atoms with E-state index in [9.17, 15) is 9.59 Å². The molecule has 1 rings (SSSR count). The Balaban J connectivity index is 2.47. The molecule has 0 aromatic heterocycles. The molecule has 3 N–H and O–H groups in total. The number of hydrogen-bond acceptors (Lipinski definition) is 3. The van der Waals surface area contributed by atoms with Crippen molar-refractivity contribution in [2.24, 2.45) is 17.6 Å². The van der Waals surface area contributed by atoms with E-state index in [1.54, 1.807) is 6.92 Å². The second kappa shape index (κ2) is 7.62.